The Balaban J connectivity index is 1.45. The number of benzene rings is 1. The summed E-state index contributed by atoms with van der Waals surface area (Å²) in [5.41, 5.74) is 2.24. The molecule has 2 aromatic rings. The van der Waals surface area contributed by atoms with E-state index in [2.05, 4.69) is 15.3 Å². The van der Waals surface area contributed by atoms with E-state index in [0.29, 0.717) is 18.3 Å². The zero-order chi connectivity index (χ0) is 17.2. The van der Waals surface area contributed by atoms with Gasteiger partial charge in [-0.1, -0.05) is 12.1 Å². The first kappa shape index (κ1) is 15.7. The van der Waals surface area contributed by atoms with Crippen LogP contribution in [0.4, 0.5) is 0 Å². The molecule has 0 bridgehead atoms. The van der Waals surface area contributed by atoms with Gasteiger partial charge >= 0.3 is 0 Å². The molecule has 2 fully saturated rings. The summed E-state index contributed by atoms with van der Waals surface area (Å²) in [6, 6.07) is 7.57. The average molecular weight is 336 g/mol. The summed E-state index contributed by atoms with van der Waals surface area (Å²) in [7, 11) is 0. The molecule has 6 nitrogen and oxygen atoms in total. The summed E-state index contributed by atoms with van der Waals surface area (Å²) < 4.78 is 0. The lowest BCUT2D eigenvalue weighted by Gasteiger charge is -2.22. The van der Waals surface area contributed by atoms with Crippen molar-refractivity contribution >= 4 is 28.9 Å². The van der Waals surface area contributed by atoms with Gasteiger partial charge in [-0.15, -0.1) is 0 Å². The van der Waals surface area contributed by atoms with Crippen LogP contribution in [0, 0.1) is 0 Å². The minimum atomic E-state index is -0.347. The third kappa shape index (κ3) is 3.52. The highest BCUT2D eigenvalue weighted by Gasteiger charge is 2.35. The highest BCUT2D eigenvalue weighted by atomic mass is 16.2. The van der Waals surface area contributed by atoms with E-state index in [-0.39, 0.29) is 17.9 Å². The number of nitrogens with one attached hydrogen (secondary N) is 1. The van der Waals surface area contributed by atoms with E-state index in [9.17, 15) is 9.59 Å². The Kier molecular flexibility index (Phi) is 4.17. The lowest BCUT2D eigenvalue weighted by molar-refractivity contribution is -0.135. The molecule has 128 valence electrons. The summed E-state index contributed by atoms with van der Waals surface area (Å²) in [5.74, 6) is -0.171. The Labute approximate surface area is 145 Å². The molecule has 0 unspecified atom stereocenters. The van der Waals surface area contributed by atoms with Crippen LogP contribution in [0.1, 0.15) is 31.4 Å². The number of hydrogen-bond donors (Lipinski definition) is 1. The molecular weight excluding hydrogens is 316 g/mol. The number of rotatable bonds is 4. The molecule has 4 rings (SSSR count). The predicted octanol–water partition coefficient (Wildman–Crippen LogP) is 1.91. The fourth-order valence-electron chi connectivity index (χ4n) is 3.13. The van der Waals surface area contributed by atoms with Crippen molar-refractivity contribution in [3.05, 3.63) is 42.2 Å². The zero-order valence-corrected chi connectivity index (χ0v) is 13.9. The second-order valence-corrected chi connectivity index (χ2v) is 6.59. The second kappa shape index (κ2) is 6.63. The van der Waals surface area contributed by atoms with Crippen LogP contribution in [0.5, 0.6) is 0 Å². The fourth-order valence-corrected chi connectivity index (χ4v) is 3.13. The molecule has 1 aliphatic heterocycles. The van der Waals surface area contributed by atoms with E-state index in [0.717, 1.165) is 36.7 Å². The maximum Gasteiger partial charge on any atom is 0.247 e. The van der Waals surface area contributed by atoms with Crippen LogP contribution < -0.4 is 5.32 Å². The third-order valence-corrected chi connectivity index (χ3v) is 4.63. The smallest absolute Gasteiger partial charge is 0.247 e. The number of fused-ring (bicyclic) bond motifs is 1. The largest absolute Gasteiger partial charge is 0.352 e. The first-order chi connectivity index (χ1) is 12.2. The first-order valence-electron chi connectivity index (χ1n) is 8.71. The van der Waals surface area contributed by atoms with Gasteiger partial charge in [-0.3, -0.25) is 14.6 Å². The molecule has 1 aromatic heterocycles. The van der Waals surface area contributed by atoms with Crippen molar-refractivity contribution in [2.75, 3.05) is 6.54 Å². The van der Waals surface area contributed by atoms with Crippen molar-refractivity contribution in [1.82, 2.24) is 20.2 Å². The van der Waals surface area contributed by atoms with Crippen molar-refractivity contribution in [2.24, 2.45) is 0 Å². The number of para-hydroxylation sites is 2. The molecule has 25 heavy (non-hydrogen) atoms. The normalized spacial score (nSPS) is 20.3. The van der Waals surface area contributed by atoms with Crippen LogP contribution in [0.3, 0.4) is 0 Å². The topological polar surface area (TPSA) is 75.2 Å². The van der Waals surface area contributed by atoms with Crippen LogP contribution in [-0.4, -0.2) is 45.3 Å². The van der Waals surface area contributed by atoms with E-state index in [1.54, 1.807) is 17.2 Å². The number of hydrogen-bond acceptors (Lipinski definition) is 4. The summed E-state index contributed by atoms with van der Waals surface area (Å²) in [4.78, 5) is 35.3. The highest BCUT2D eigenvalue weighted by molar-refractivity contribution is 5.96. The number of amides is 2. The van der Waals surface area contributed by atoms with Gasteiger partial charge in [0.2, 0.25) is 11.8 Å². The number of likely N-dealkylation sites (tertiary alicyclic amines) is 1. The summed E-state index contributed by atoms with van der Waals surface area (Å²) in [5, 5.41) is 3.00. The molecule has 1 aliphatic carbocycles. The van der Waals surface area contributed by atoms with Crippen LogP contribution in [0.15, 0.2) is 36.5 Å². The van der Waals surface area contributed by atoms with Crippen LogP contribution in [0.25, 0.3) is 17.1 Å². The van der Waals surface area contributed by atoms with Gasteiger partial charge in [0.25, 0.3) is 0 Å². The summed E-state index contributed by atoms with van der Waals surface area (Å²) in [6.45, 7) is 0.620. The SMILES string of the molecule is O=C(NC1CC1)[C@@H]1CCCN1C(=O)/C=C/c1cnc2ccccc2n1. The molecule has 0 spiro atoms. The van der Waals surface area contributed by atoms with Gasteiger partial charge in [0, 0.05) is 18.7 Å². The summed E-state index contributed by atoms with van der Waals surface area (Å²) >= 11 is 0. The number of carbonyl (C=O) groups excluding carboxylic acids is 2. The van der Waals surface area contributed by atoms with Gasteiger partial charge in [0.15, 0.2) is 0 Å². The zero-order valence-electron chi connectivity index (χ0n) is 13.9. The molecule has 1 N–H and O–H groups in total. The van der Waals surface area contributed by atoms with Crippen molar-refractivity contribution in [2.45, 2.75) is 37.8 Å². The minimum Gasteiger partial charge on any atom is -0.352 e. The van der Waals surface area contributed by atoms with Gasteiger partial charge < -0.3 is 10.2 Å². The lowest BCUT2D eigenvalue weighted by Crippen LogP contribution is -2.46. The lowest BCUT2D eigenvalue weighted by atomic mass is 10.2. The van der Waals surface area contributed by atoms with Crippen molar-refractivity contribution < 1.29 is 9.59 Å². The first-order valence-corrected chi connectivity index (χ1v) is 8.71. The van der Waals surface area contributed by atoms with Crippen LogP contribution in [-0.2, 0) is 9.59 Å². The van der Waals surface area contributed by atoms with E-state index >= 15 is 0 Å². The maximum absolute atomic E-state index is 12.5. The molecule has 1 saturated heterocycles. The molecule has 0 radical (unpaired) electrons. The maximum atomic E-state index is 12.5. The number of carbonyl (C=O) groups is 2. The van der Waals surface area contributed by atoms with Gasteiger partial charge in [0.05, 0.1) is 22.9 Å². The van der Waals surface area contributed by atoms with Crippen molar-refractivity contribution in [3.63, 3.8) is 0 Å². The van der Waals surface area contributed by atoms with Gasteiger partial charge in [0.1, 0.15) is 6.04 Å². The minimum absolute atomic E-state index is 0.0211. The fraction of sp³-hybridized carbons (Fsp3) is 0.368. The second-order valence-electron chi connectivity index (χ2n) is 6.59. The molecule has 1 aromatic carbocycles. The van der Waals surface area contributed by atoms with E-state index < -0.39 is 0 Å². The van der Waals surface area contributed by atoms with E-state index in [1.165, 1.54) is 6.08 Å². The van der Waals surface area contributed by atoms with E-state index in [4.69, 9.17) is 0 Å². The average Bonchev–Trinajstić information content (AvgIpc) is 3.30. The van der Waals surface area contributed by atoms with Crippen LogP contribution in [0.2, 0.25) is 0 Å². The molecule has 2 amide bonds. The molecule has 1 saturated carbocycles. The quantitative estimate of drug-likeness (QED) is 0.866. The van der Waals surface area contributed by atoms with Crippen molar-refractivity contribution in [1.29, 1.82) is 0 Å². The Bertz CT molecular complexity index is 844. The van der Waals surface area contributed by atoms with Crippen LogP contribution >= 0.6 is 0 Å². The standard InChI is InChI=1S/C19H20N4O2/c24-18(23-11-3-6-17(23)19(25)22-13-7-8-13)10-9-14-12-20-15-4-1-2-5-16(15)21-14/h1-2,4-5,9-10,12-13,17H,3,6-8,11H2,(H,22,25)/b10-9+/t17-/m0/s1. The Morgan fingerprint density at radius 3 is 2.76 bits per heavy atom. The number of aromatic nitrogens is 2. The Hall–Kier alpha value is -2.76. The monoisotopic (exact) mass is 336 g/mol. The third-order valence-electron chi connectivity index (χ3n) is 4.63. The van der Waals surface area contributed by atoms with Crippen molar-refractivity contribution in [3.8, 4) is 0 Å². The molecule has 2 aliphatic rings. The molecule has 2 heterocycles. The highest BCUT2D eigenvalue weighted by Crippen LogP contribution is 2.22. The molecular formula is C19H20N4O2. The van der Waals surface area contributed by atoms with Gasteiger partial charge in [-0.2, -0.15) is 0 Å². The van der Waals surface area contributed by atoms with E-state index in [1.807, 2.05) is 24.3 Å². The van der Waals surface area contributed by atoms with Gasteiger partial charge in [-0.05, 0) is 43.9 Å². The number of nitrogens with zero attached hydrogens (tertiary/aromatic N) is 3. The summed E-state index contributed by atoms with van der Waals surface area (Å²) in [6.07, 6.45) is 8.48. The molecule has 6 heteroatoms. The predicted molar refractivity (Wildman–Crippen MR) is 94.5 cm³/mol. The Morgan fingerprint density at radius 2 is 1.96 bits per heavy atom. The van der Waals surface area contributed by atoms with Gasteiger partial charge in [-0.25, -0.2) is 4.98 Å². The Morgan fingerprint density at radius 1 is 1.16 bits per heavy atom. The molecule has 1 atom stereocenters.